The average Bonchev–Trinajstić information content (AvgIpc) is 2.55. The smallest absolute Gasteiger partial charge is 0.0746 e. The molecule has 3 heteroatoms. The Morgan fingerprint density at radius 3 is 2.71 bits per heavy atom. The molecule has 0 saturated heterocycles. The normalized spacial score (nSPS) is 16.7. The molecular weight excluding hydrogens is 258 g/mol. The van der Waals surface area contributed by atoms with E-state index in [1.165, 1.54) is 43.1 Å². The molecule has 2 N–H and O–H groups in total. The highest BCUT2D eigenvalue weighted by atomic mass is 15.2. The molecule has 0 bridgehead atoms. The maximum atomic E-state index is 5.85. The number of para-hydroxylation sites is 1. The quantitative estimate of drug-likeness (QED) is 0.915. The van der Waals surface area contributed by atoms with Crippen LogP contribution in [0, 0.1) is 0 Å². The third kappa shape index (κ3) is 3.42. The molecule has 1 fully saturated rings. The lowest BCUT2D eigenvalue weighted by Crippen LogP contribution is -2.39. The number of hydrogen-bond donors (Lipinski definition) is 1. The van der Waals surface area contributed by atoms with Crippen LogP contribution in [0.3, 0.4) is 0 Å². The maximum absolute atomic E-state index is 5.85. The van der Waals surface area contributed by atoms with E-state index < -0.39 is 0 Å². The molecule has 1 aliphatic rings. The highest BCUT2D eigenvalue weighted by molar-refractivity contribution is 5.81. The van der Waals surface area contributed by atoms with Crippen LogP contribution >= 0.6 is 0 Å². The molecule has 112 valence electrons. The van der Waals surface area contributed by atoms with Crippen LogP contribution in [-0.4, -0.2) is 29.0 Å². The Morgan fingerprint density at radius 1 is 1.10 bits per heavy atom. The predicted molar refractivity (Wildman–Crippen MR) is 88.1 cm³/mol. The summed E-state index contributed by atoms with van der Waals surface area (Å²) in [6.07, 6.45) is 8.64. The van der Waals surface area contributed by atoms with Gasteiger partial charge in [-0.05, 0) is 24.5 Å². The summed E-state index contributed by atoms with van der Waals surface area (Å²) in [5.41, 5.74) is 8.31. The molecule has 0 aliphatic heterocycles. The van der Waals surface area contributed by atoms with Gasteiger partial charge < -0.3 is 5.73 Å². The largest absolute Gasteiger partial charge is 0.329 e. The molecule has 1 heterocycles. The predicted octanol–water partition coefficient (Wildman–Crippen LogP) is 3.33. The minimum Gasteiger partial charge on any atom is -0.329 e. The number of aromatic nitrogens is 1. The molecule has 21 heavy (non-hydrogen) atoms. The van der Waals surface area contributed by atoms with E-state index in [1.54, 1.807) is 0 Å². The van der Waals surface area contributed by atoms with Gasteiger partial charge in [0.15, 0.2) is 0 Å². The zero-order valence-corrected chi connectivity index (χ0v) is 12.7. The van der Waals surface area contributed by atoms with Crippen LogP contribution in [0.4, 0.5) is 0 Å². The number of nitrogens with zero attached hydrogens (tertiary/aromatic N) is 2. The summed E-state index contributed by atoms with van der Waals surface area (Å²) < 4.78 is 0. The van der Waals surface area contributed by atoms with Crippen molar-refractivity contribution in [2.24, 2.45) is 5.73 Å². The van der Waals surface area contributed by atoms with Crippen LogP contribution in [0.5, 0.6) is 0 Å². The Bertz CT molecular complexity index is 570. The van der Waals surface area contributed by atoms with E-state index >= 15 is 0 Å². The van der Waals surface area contributed by atoms with E-state index in [1.807, 2.05) is 12.3 Å². The van der Waals surface area contributed by atoms with Gasteiger partial charge >= 0.3 is 0 Å². The second-order valence-corrected chi connectivity index (χ2v) is 6.04. The van der Waals surface area contributed by atoms with Crippen molar-refractivity contribution in [1.82, 2.24) is 9.88 Å². The van der Waals surface area contributed by atoms with Crippen molar-refractivity contribution >= 4 is 10.9 Å². The lowest BCUT2D eigenvalue weighted by atomic mass is 9.93. The average molecular weight is 283 g/mol. The van der Waals surface area contributed by atoms with Crippen LogP contribution in [0.1, 0.15) is 37.7 Å². The van der Waals surface area contributed by atoms with Crippen molar-refractivity contribution in [3.05, 3.63) is 42.1 Å². The number of benzene rings is 1. The molecule has 0 atom stereocenters. The van der Waals surface area contributed by atoms with Crippen LogP contribution in [0.25, 0.3) is 10.9 Å². The van der Waals surface area contributed by atoms with Crippen LogP contribution in [0.2, 0.25) is 0 Å². The Kier molecular flexibility index (Phi) is 4.84. The molecule has 0 radical (unpaired) electrons. The van der Waals surface area contributed by atoms with Crippen molar-refractivity contribution in [3.63, 3.8) is 0 Å². The lowest BCUT2D eigenvalue weighted by Gasteiger charge is -2.34. The maximum Gasteiger partial charge on any atom is 0.0746 e. The van der Waals surface area contributed by atoms with E-state index in [-0.39, 0.29) is 0 Å². The molecule has 3 rings (SSSR count). The van der Waals surface area contributed by atoms with Gasteiger partial charge in [-0.1, -0.05) is 43.5 Å². The third-order valence-corrected chi connectivity index (χ3v) is 4.60. The van der Waals surface area contributed by atoms with Gasteiger partial charge in [0, 0.05) is 37.3 Å². The van der Waals surface area contributed by atoms with E-state index in [2.05, 4.69) is 34.1 Å². The fourth-order valence-corrected chi connectivity index (χ4v) is 3.52. The first-order valence-corrected chi connectivity index (χ1v) is 8.15. The Morgan fingerprint density at radius 2 is 1.90 bits per heavy atom. The van der Waals surface area contributed by atoms with Crippen molar-refractivity contribution in [2.75, 3.05) is 13.1 Å². The molecule has 0 spiro atoms. The summed E-state index contributed by atoms with van der Waals surface area (Å²) in [5.74, 6) is 0. The number of fused-ring (bicyclic) bond motifs is 1. The first-order chi connectivity index (χ1) is 10.4. The SMILES string of the molecule is NCCN(Cc1cccc2cccnc12)C1CCCCC1. The highest BCUT2D eigenvalue weighted by Crippen LogP contribution is 2.25. The second kappa shape index (κ2) is 7.01. The lowest BCUT2D eigenvalue weighted by molar-refractivity contribution is 0.153. The standard InChI is InChI=1S/C18H25N3/c19-11-13-21(17-9-2-1-3-10-17)14-16-7-4-6-15-8-5-12-20-18(15)16/h4-8,12,17H,1-3,9-11,13-14,19H2. The molecule has 3 nitrogen and oxygen atoms in total. The fraction of sp³-hybridized carbons (Fsp3) is 0.500. The molecule has 1 aliphatic carbocycles. The summed E-state index contributed by atoms with van der Waals surface area (Å²) in [6.45, 7) is 2.68. The molecule has 1 saturated carbocycles. The fourth-order valence-electron chi connectivity index (χ4n) is 3.52. The summed E-state index contributed by atoms with van der Waals surface area (Å²) in [4.78, 5) is 7.15. The topological polar surface area (TPSA) is 42.1 Å². The van der Waals surface area contributed by atoms with Gasteiger partial charge in [0.25, 0.3) is 0 Å². The van der Waals surface area contributed by atoms with Crippen molar-refractivity contribution in [3.8, 4) is 0 Å². The summed E-state index contributed by atoms with van der Waals surface area (Å²) in [7, 11) is 0. The van der Waals surface area contributed by atoms with Gasteiger partial charge in [0.05, 0.1) is 5.52 Å². The van der Waals surface area contributed by atoms with E-state index in [0.717, 1.165) is 25.2 Å². The van der Waals surface area contributed by atoms with Gasteiger partial charge in [-0.25, -0.2) is 0 Å². The highest BCUT2D eigenvalue weighted by Gasteiger charge is 2.21. The zero-order valence-electron chi connectivity index (χ0n) is 12.7. The van der Waals surface area contributed by atoms with E-state index in [9.17, 15) is 0 Å². The number of hydrogen-bond acceptors (Lipinski definition) is 3. The van der Waals surface area contributed by atoms with Gasteiger partial charge in [0.2, 0.25) is 0 Å². The zero-order chi connectivity index (χ0) is 14.5. The first-order valence-electron chi connectivity index (χ1n) is 8.15. The van der Waals surface area contributed by atoms with E-state index in [4.69, 9.17) is 5.73 Å². The molecule has 0 amide bonds. The molecule has 1 aromatic carbocycles. The molecule has 1 aromatic heterocycles. The summed E-state index contributed by atoms with van der Waals surface area (Å²) in [6, 6.07) is 11.3. The summed E-state index contributed by atoms with van der Waals surface area (Å²) >= 11 is 0. The van der Waals surface area contributed by atoms with Gasteiger partial charge in [0.1, 0.15) is 0 Å². The second-order valence-electron chi connectivity index (χ2n) is 6.04. The molecule has 0 unspecified atom stereocenters. The minimum atomic E-state index is 0.696. The van der Waals surface area contributed by atoms with Crippen molar-refractivity contribution in [1.29, 1.82) is 0 Å². The van der Waals surface area contributed by atoms with Crippen molar-refractivity contribution in [2.45, 2.75) is 44.7 Å². The van der Waals surface area contributed by atoms with Gasteiger partial charge in [-0.2, -0.15) is 0 Å². The van der Waals surface area contributed by atoms with Crippen LogP contribution < -0.4 is 5.73 Å². The number of pyridine rings is 1. The number of nitrogens with two attached hydrogens (primary N) is 1. The molecule has 2 aromatic rings. The Balaban J connectivity index is 1.83. The minimum absolute atomic E-state index is 0.696. The van der Waals surface area contributed by atoms with Crippen molar-refractivity contribution < 1.29 is 0 Å². The van der Waals surface area contributed by atoms with Crippen LogP contribution in [0.15, 0.2) is 36.5 Å². The third-order valence-electron chi connectivity index (χ3n) is 4.60. The monoisotopic (exact) mass is 283 g/mol. The first kappa shape index (κ1) is 14.5. The Hall–Kier alpha value is -1.45. The molecular formula is C18H25N3. The van der Waals surface area contributed by atoms with E-state index in [0.29, 0.717) is 6.04 Å². The Labute approximate surface area is 127 Å². The van der Waals surface area contributed by atoms with Gasteiger partial charge in [-0.15, -0.1) is 0 Å². The van der Waals surface area contributed by atoms with Gasteiger partial charge in [-0.3, -0.25) is 9.88 Å². The summed E-state index contributed by atoms with van der Waals surface area (Å²) in [5, 5.41) is 1.23. The van der Waals surface area contributed by atoms with Crippen LogP contribution in [-0.2, 0) is 6.54 Å². The number of rotatable bonds is 5.